The van der Waals surface area contributed by atoms with Crippen LogP contribution in [0.1, 0.15) is 24.9 Å². The molecule has 0 saturated carbocycles. The highest BCUT2D eigenvalue weighted by molar-refractivity contribution is 9.10. The minimum absolute atomic E-state index is 0.0240. The first-order chi connectivity index (χ1) is 9.67. The van der Waals surface area contributed by atoms with Gasteiger partial charge in [0.1, 0.15) is 5.82 Å². The van der Waals surface area contributed by atoms with Crippen LogP contribution >= 0.6 is 15.9 Å². The topological polar surface area (TPSA) is 24.5 Å². The van der Waals surface area contributed by atoms with E-state index in [0.29, 0.717) is 12.2 Å². The molecule has 1 aliphatic heterocycles. The van der Waals surface area contributed by atoms with Crippen molar-refractivity contribution in [2.75, 3.05) is 33.3 Å². The van der Waals surface area contributed by atoms with Gasteiger partial charge in [0, 0.05) is 23.1 Å². The number of halogens is 2. The van der Waals surface area contributed by atoms with E-state index in [2.05, 4.69) is 33.1 Å². The zero-order valence-corrected chi connectivity index (χ0v) is 13.6. The van der Waals surface area contributed by atoms with Crippen LogP contribution in [0.3, 0.4) is 0 Å². The zero-order chi connectivity index (χ0) is 14.5. The molecule has 1 fully saturated rings. The van der Waals surface area contributed by atoms with E-state index in [9.17, 15) is 4.39 Å². The van der Waals surface area contributed by atoms with Gasteiger partial charge >= 0.3 is 0 Å². The summed E-state index contributed by atoms with van der Waals surface area (Å²) in [5, 5.41) is 3.15. The van der Waals surface area contributed by atoms with Gasteiger partial charge in [-0.15, -0.1) is 0 Å². The summed E-state index contributed by atoms with van der Waals surface area (Å²) in [6.07, 6.45) is 1.03. The van der Waals surface area contributed by atoms with Crippen LogP contribution in [0.4, 0.5) is 4.39 Å². The Morgan fingerprint density at radius 1 is 1.50 bits per heavy atom. The third kappa shape index (κ3) is 3.58. The number of hydrogen-bond acceptors (Lipinski definition) is 3. The van der Waals surface area contributed by atoms with E-state index < -0.39 is 0 Å². The minimum atomic E-state index is -0.161. The van der Waals surface area contributed by atoms with Gasteiger partial charge < -0.3 is 10.1 Å². The van der Waals surface area contributed by atoms with Gasteiger partial charge in [0.05, 0.1) is 18.8 Å². The molecule has 112 valence electrons. The van der Waals surface area contributed by atoms with Gasteiger partial charge in [0.25, 0.3) is 0 Å². The summed E-state index contributed by atoms with van der Waals surface area (Å²) in [5.74, 6) is -0.161. The zero-order valence-electron chi connectivity index (χ0n) is 12.0. The van der Waals surface area contributed by atoms with Gasteiger partial charge in [-0.3, -0.25) is 4.90 Å². The molecular weight excluding hydrogens is 323 g/mol. The maximum atomic E-state index is 14.3. The molecular formula is C15H22BrFN2O. The second-order valence-electron chi connectivity index (χ2n) is 5.11. The van der Waals surface area contributed by atoms with Crippen LogP contribution < -0.4 is 5.32 Å². The third-order valence-electron chi connectivity index (χ3n) is 3.65. The van der Waals surface area contributed by atoms with Gasteiger partial charge in [-0.2, -0.15) is 0 Å². The van der Waals surface area contributed by atoms with Crippen molar-refractivity contribution in [2.45, 2.75) is 25.5 Å². The quantitative estimate of drug-likeness (QED) is 0.888. The van der Waals surface area contributed by atoms with Crippen LogP contribution in [0.5, 0.6) is 0 Å². The summed E-state index contributed by atoms with van der Waals surface area (Å²) in [6, 6.07) is 5.10. The Hall–Kier alpha value is -0.490. The van der Waals surface area contributed by atoms with Crippen LogP contribution in [0.2, 0.25) is 0 Å². The molecule has 2 atom stereocenters. The lowest BCUT2D eigenvalue weighted by Crippen LogP contribution is -2.49. The molecule has 3 nitrogen and oxygen atoms in total. The molecule has 0 bridgehead atoms. The molecule has 0 spiro atoms. The smallest absolute Gasteiger partial charge is 0.128 e. The Morgan fingerprint density at radius 2 is 2.30 bits per heavy atom. The fourth-order valence-corrected chi connectivity index (χ4v) is 3.21. The highest BCUT2D eigenvalue weighted by Gasteiger charge is 2.34. The number of nitrogens with one attached hydrogen (secondary N) is 1. The molecule has 1 heterocycles. The second kappa shape index (κ2) is 7.50. The van der Waals surface area contributed by atoms with Gasteiger partial charge in [-0.25, -0.2) is 4.39 Å². The molecule has 0 aliphatic carbocycles. The van der Waals surface area contributed by atoms with Crippen LogP contribution in [-0.2, 0) is 4.74 Å². The highest BCUT2D eigenvalue weighted by Crippen LogP contribution is 2.32. The maximum absolute atomic E-state index is 14.3. The predicted octanol–water partition coefficient (Wildman–Crippen LogP) is 2.96. The average molecular weight is 345 g/mol. The molecule has 5 heteroatoms. The standard InChI is InChI=1S/C15H22BrFN2O/c1-3-6-19-7-8-20-14(10-18-2)15(19)12-9-11(16)4-5-13(12)17/h4-5,9,14-15,18H,3,6-8,10H2,1-2H3. The van der Waals surface area contributed by atoms with Crippen LogP contribution in [0.15, 0.2) is 22.7 Å². The first-order valence-corrected chi connectivity index (χ1v) is 7.91. The van der Waals surface area contributed by atoms with E-state index in [0.717, 1.165) is 30.5 Å². The summed E-state index contributed by atoms with van der Waals surface area (Å²) in [5.41, 5.74) is 0.716. The molecule has 1 saturated heterocycles. The Balaban J connectivity index is 2.34. The molecule has 0 aromatic heterocycles. The monoisotopic (exact) mass is 344 g/mol. The lowest BCUT2D eigenvalue weighted by Gasteiger charge is -2.41. The van der Waals surface area contributed by atoms with Crippen molar-refractivity contribution < 1.29 is 9.13 Å². The normalized spacial score (nSPS) is 24.0. The van der Waals surface area contributed by atoms with Gasteiger partial charge in [-0.05, 0) is 38.2 Å². The van der Waals surface area contributed by atoms with Gasteiger partial charge in [0.15, 0.2) is 0 Å². The molecule has 1 aliphatic rings. The molecule has 1 aromatic carbocycles. The number of ether oxygens (including phenoxy) is 1. The molecule has 2 rings (SSSR count). The largest absolute Gasteiger partial charge is 0.374 e. The number of rotatable bonds is 5. The first kappa shape index (κ1) is 15.9. The van der Waals surface area contributed by atoms with E-state index >= 15 is 0 Å². The van der Waals surface area contributed by atoms with E-state index in [1.807, 2.05) is 13.1 Å². The summed E-state index contributed by atoms with van der Waals surface area (Å²) < 4.78 is 21.0. The SMILES string of the molecule is CCCN1CCOC(CNC)C1c1cc(Br)ccc1F. The Morgan fingerprint density at radius 3 is 3.00 bits per heavy atom. The number of morpholine rings is 1. The lowest BCUT2D eigenvalue weighted by molar-refractivity contribution is -0.0714. The molecule has 0 amide bonds. The van der Waals surface area contributed by atoms with Crippen molar-refractivity contribution in [1.82, 2.24) is 10.2 Å². The number of nitrogens with zero attached hydrogens (tertiary/aromatic N) is 1. The lowest BCUT2D eigenvalue weighted by atomic mass is 9.97. The summed E-state index contributed by atoms with van der Waals surface area (Å²) >= 11 is 3.44. The van der Waals surface area contributed by atoms with E-state index in [1.165, 1.54) is 6.07 Å². The number of hydrogen-bond donors (Lipinski definition) is 1. The molecule has 1 aromatic rings. The fourth-order valence-electron chi connectivity index (χ4n) is 2.83. The Labute approximate surface area is 128 Å². The second-order valence-corrected chi connectivity index (χ2v) is 6.03. The Bertz CT molecular complexity index is 426. The van der Waals surface area contributed by atoms with Gasteiger partial charge in [-0.1, -0.05) is 22.9 Å². The van der Waals surface area contributed by atoms with E-state index in [4.69, 9.17) is 4.74 Å². The first-order valence-electron chi connectivity index (χ1n) is 7.12. The van der Waals surface area contributed by atoms with Crippen molar-refractivity contribution in [1.29, 1.82) is 0 Å². The summed E-state index contributed by atoms with van der Waals surface area (Å²) in [6.45, 7) is 5.39. The van der Waals surface area contributed by atoms with Crippen LogP contribution in [0, 0.1) is 5.82 Å². The predicted molar refractivity (Wildman–Crippen MR) is 82.4 cm³/mol. The summed E-state index contributed by atoms with van der Waals surface area (Å²) in [7, 11) is 1.90. The van der Waals surface area contributed by atoms with E-state index in [-0.39, 0.29) is 18.0 Å². The van der Waals surface area contributed by atoms with E-state index in [1.54, 1.807) is 6.07 Å². The highest BCUT2D eigenvalue weighted by atomic mass is 79.9. The number of benzene rings is 1. The van der Waals surface area contributed by atoms with Crippen LogP contribution in [0.25, 0.3) is 0 Å². The average Bonchev–Trinajstić information content (AvgIpc) is 2.43. The van der Waals surface area contributed by atoms with Crippen molar-refractivity contribution in [3.63, 3.8) is 0 Å². The summed E-state index contributed by atoms with van der Waals surface area (Å²) in [4.78, 5) is 2.33. The fraction of sp³-hybridized carbons (Fsp3) is 0.600. The molecule has 1 N–H and O–H groups in total. The van der Waals surface area contributed by atoms with Crippen molar-refractivity contribution in [2.24, 2.45) is 0 Å². The maximum Gasteiger partial charge on any atom is 0.128 e. The molecule has 0 radical (unpaired) electrons. The van der Waals surface area contributed by atoms with Crippen LogP contribution in [-0.4, -0.2) is 44.3 Å². The molecule has 2 unspecified atom stereocenters. The Kier molecular flexibility index (Phi) is 5.96. The van der Waals surface area contributed by atoms with Gasteiger partial charge in [0.2, 0.25) is 0 Å². The van der Waals surface area contributed by atoms with Crippen molar-refractivity contribution in [3.05, 3.63) is 34.1 Å². The minimum Gasteiger partial charge on any atom is -0.374 e. The van der Waals surface area contributed by atoms with Crippen molar-refractivity contribution in [3.8, 4) is 0 Å². The number of likely N-dealkylation sites (N-methyl/N-ethyl adjacent to an activating group) is 1. The van der Waals surface area contributed by atoms with Crippen molar-refractivity contribution >= 4 is 15.9 Å². The third-order valence-corrected chi connectivity index (χ3v) is 4.14. The molecule has 20 heavy (non-hydrogen) atoms.